The molecule has 0 aliphatic rings. The van der Waals surface area contributed by atoms with Crippen molar-refractivity contribution in [2.45, 2.75) is 25.8 Å². The number of aromatic nitrogens is 4. The Morgan fingerprint density at radius 1 is 0.889 bits per heavy atom. The van der Waals surface area contributed by atoms with E-state index in [1.54, 1.807) is 6.33 Å². The van der Waals surface area contributed by atoms with Crippen molar-refractivity contribution in [3.63, 3.8) is 0 Å². The SMILES string of the molecule is Nc1nc2c(ncn2CCc2ccc(CCc3ccccc3)cc2)c(=O)[nH]1. The van der Waals surface area contributed by atoms with E-state index in [-0.39, 0.29) is 11.5 Å². The molecule has 0 aliphatic carbocycles. The molecule has 4 rings (SSSR count). The molecule has 2 aromatic heterocycles. The van der Waals surface area contributed by atoms with Gasteiger partial charge in [0.25, 0.3) is 5.56 Å². The second kappa shape index (κ2) is 7.45. The van der Waals surface area contributed by atoms with Crippen LogP contribution in [0.5, 0.6) is 0 Å². The summed E-state index contributed by atoms with van der Waals surface area (Å²) in [6.45, 7) is 0.690. The number of imidazole rings is 1. The number of hydrogen-bond donors (Lipinski definition) is 2. The van der Waals surface area contributed by atoms with Crippen LogP contribution in [0.15, 0.2) is 65.7 Å². The summed E-state index contributed by atoms with van der Waals surface area (Å²) >= 11 is 0. The van der Waals surface area contributed by atoms with Crippen molar-refractivity contribution in [2.24, 2.45) is 0 Å². The van der Waals surface area contributed by atoms with Crippen molar-refractivity contribution < 1.29 is 0 Å². The van der Waals surface area contributed by atoms with E-state index in [1.807, 2.05) is 10.6 Å². The van der Waals surface area contributed by atoms with Crippen LogP contribution < -0.4 is 11.3 Å². The fraction of sp³-hybridized carbons (Fsp3) is 0.190. The predicted octanol–water partition coefficient (Wildman–Crippen LogP) is 2.73. The number of nitrogens with one attached hydrogen (secondary N) is 1. The van der Waals surface area contributed by atoms with Gasteiger partial charge in [-0.05, 0) is 36.0 Å². The number of nitrogen functional groups attached to an aromatic ring is 1. The number of rotatable bonds is 6. The van der Waals surface area contributed by atoms with Crippen molar-refractivity contribution in [1.82, 2.24) is 19.5 Å². The molecule has 4 aromatic rings. The van der Waals surface area contributed by atoms with Crippen LogP contribution in [0.25, 0.3) is 11.2 Å². The second-order valence-corrected chi connectivity index (χ2v) is 6.61. The highest BCUT2D eigenvalue weighted by atomic mass is 16.1. The van der Waals surface area contributed by atoms with Crippen LogP contribution in [0, 0.1) is 0 Å². The number of H-pyrrole nitrogens is 1. The lowest BCUT2D eigenvalue weighted by Gasteiger charge is -2.06. The molecule has 2 heterocycles. The van der Waals surface area contributed by atoms with Gasteiger partial charge in [0.05, 0.1) is 6.33 Å². The summed E-state index contributed by atoms with van der Waals surface area (Å²) in [5, 5.41) is 0. The first-order valence-corrected chi connectivity index (χ1v) is 9.01. The van der Waals surface area contributed by atoms with E-state index in [0.29, 0.717) is 17.7 Å². The molecule has 0 aliphatic heterocycles. The molecule has 2 aromatic carbocycles. The number of hydrogen-bond acceptors (Lipinski definition) is 4. The Bertz CT molecular complexity index is 1100. The molecule has 6 heteroatoms. The van der Waals surface area contributed by atoms with E-state index in [4.69, 9.17) is 5.73 Å². The first-order valence-electron chi connectivity index (χ1n) is 9.01. The number of aryl methyl sites for hydroxylation is 4. The quantitative estimate of drug-likeness (QED) is 0.554. The minimum atomic E-state index is -0.306. The zero-order chi connectivity index (χ0) is 18.6. The minimum Gasteiger partial charge on any atom is -0.369 e. The Morgan fingerprint density at radius 3 is 2.22 bits per heavy atom. The van der Waals surface area contributed by atoms with Gasteiger partial charge in [-0.2, -0.15) is 4.98 Å². The number of nitrogens with zero attached hydrogens (tertiary/aromatic N) is 3. The van der Waals surface area contributed by atoms with Gasteiger partial charge < -0.3 is 10.3 Å². The van der Waals surface area contributed by atoms with Gasteiger partial charge in [-0.3, -0.25) is 9.78 Å². The molecule has 0 bridgehead atoms. The van der Waals surface area contributed by atoms with Crippen LogP contribution >= 0.6 is 0 Å². The summed E-state index contributed by atoms with van der Waals surface area (Å²) in [5.41, 5.74) is 10.1. The van der Waals surface area contributed by atoms with Gasteiger partial charge in [0.2, 0.25) is 5.95 Å². The lowest BCUT2D eigenvalue weighted by atomic mass is 10.0. The molecule has 0 radical (unpaired) electrons. The minimum absolute atomic E-state index is 0.108. The summed E-state index contributed by atoms with van der Waals surface area (Å²) in [6, 6.07) is 19.2. The molecular weight excluding hydrogens is 338 g/mol. The molecular formula is C21H21N5O. The van der Waals surface area contributed by atoms with Crippen molar-refractivity contribution in [3.8, 4) is 0 Å². The van der Waals surface area contributed by atoms with Crippen molar-refractivity contribution in [1.29, 1.82) is 0 Å². The molecule has 0 unspecified atom stereocenters. The number of anilines is 1. The maximum absolute atomic E-state index is 11.8. The van der Waals surface area contributed by atoms with Gasteiger partial charge in [-0.15, -0.1) is 0 Å². The van der Waals surface area contributed by atoms with Crippen LogP contribution in [0.2, 0.25) is 0 Å². The van der Waals surface area contributed by atoms with Crippen LogP contribution in [-0.4, -0.2) is 19.5 Å². The molecule has 27 heavy (non-hydrogen) atoms. The van der Waals surface area contributed by atoms with Gasteiger partial charge in [0, 0.05) is 6.54 Å². The average Bonchev–Trinajstić information content (AvgIpc) is 3.09. The number of nitrogens with two attached hydrogens (primary N) is 1. The fourth-order valence-electron chi connectivity index (χ4n) is 3.19. The van der Waals surface area contributed by atoms with E-state index in [2.05, 4.69) is 63.5 Å². The normalized spacial score (nSPS) is 11.1. The highest BCUT2D eigenvalue weighted by molar-refractivity contribution is 5.70. The van der Waals surface area contributed by atoms with Gasteiger partial charge in [-0.1, -0.05) is 54.6 Å². The molecule has 0 saturated heterocycles. The second-order valence-electron chi connectivity index (χ2n) is 6.61. The third-order valence-corrected chi connectivity index (χ3v) is 4.70. The van der Waals surface area contributed by atoms with E-state index >= 15 is 0 Å². The van der Waals surface area contributed by atoms with E-state index < -0.39 is 0 Å². The Kier molecular flexibility index (Phi) is 4.70. The Balaban J connectivity index is 1.40. The highest BCUT2D eigenvalue weighted by Gasteiger charge is 2.09. The largest absolute Gasteiger partial charge is 0.369 e. The molecule has 0 fully saturated rings. The number of aromatic amines is 1. The van der Waals surface area contributed by atoms with Gasteiger partial charge in [0.1, 0.15) is 0 Å². The standard InChI is InChI=1S/C21H21N5O/c22-21-24-19-18(20(27)25-21)23-14-26(19)13-12-17-10-8-16(9-11-17)7-6-15-4-2-1-3-5-15/h1-5,8-11,14H,6-7,12-13H2,(H3,22,24,25,27). The van der Waals surface area contributed by atoms with Gasteiger partial charge in [-0.25, -0.2) is 4.98 Å². The molecule has 0 spiro atoms. The Morgan fingerprint density at radius 2 is 1.52 bits per heavy atom. The zero-order valence-electron chi connectivity index (χ0n) is 14.9. The summed E-state index contributed by atoms with van der Waals surface area (Å²) < 4.78 is 1.87. The predicted molar refractivity (Wildman–Crippen MR) is 107 cm³/mol. The van der Waals surface area contributed by atoms with Crippen molar-refractivity contribution in [2.75, 3.05) is 5.73 Å². The topological polar surface area (TPSA) is 89.6 Å². The Hall–Kier alpha value is -3.41. The highest BCUT2D eigenvalue weighted by Crippen LogP contribution is 2.12. The molecule has 0 amide bonds. The molecule has 3 N–H and O–H groups in total. The summed E-state index contributed by atoms with van der Waals surface area (Å²) in [4.78, 5) is 22.6. The van der Waals surface area contributed by atoms with Crippen molar-refractivity contribution in [3.05, 3.63) is 88.0 Å². The number of fused-ring (bicyclic) bond motifs is 1. The first kappa shape index (κ1) is 17.0. The number of benzene rings is 2. The lowest BCUT2D eigenvalue weighted by Crippen LogP contribution is -2.12. The summed E-state index contributed by atoms with van der Waals surface area (Å²) in [7, 11) is 0. The van der Waals surface area contributed by atoms with E-state index in [1.165, 1.54) is 16.7 Å². The molecule has 136 valence electrons. The van der Waals surface area contributed by atoms with Crippen LogP contribution in [0.3, 0.4) is 0 Å². The van der Waals surface area contributed by atoms with Crippen LogP contribution in [0.1, 0.15) is 16.7 Å². The average molecular weight is 359 g/mol. The third-order valence-electron chi connectivity index (χ3n) is 4.70. The van der Waals surface area contributed by atoms with E-state index in [0.717, 1.165) is 19.3 Å². The smallest absolute Gasteiger partial charge is 0.280 e. The van der Waals surface area contributed by atoms with Crippen molar-refractivity contribution >= 4 is 17.1 Å². The molecule has 6 nitrogen and oxygen atoms in total. The lowest BCUT2D eigenvalue weighted by molar-refractivity contribution is 0.709. The van der Waals surface area contributed by atoms with Crippen LogP contribution in [0.4, 0.5) is 5.95 Å². The van der Waals surface area contributed by atoms with Gasteiger partial charge in [0.15, 0.2) is 11.2 Å². The Labute approximate surface area is 156 Å². The molecule has 0 saturated carbocycles. The third kappa shape index (κ3) is 3.89. The monoisotopic (exact) mass is 359 g/mol. The summed E-state index contributed by atoms with van der Waals surface area (Å²) in [6.07, 6.45) is 4.55. The maximum atomic E-state index is 11.8. The maximum Gasteiger partial charge on any atom is 0.280 e. The zero-order valence-corrected chi connectivity index (χ0v) is 14.9. The summed E-state index contributed by atoms with van der Waals surface area (Å²) in [5.74, 6) is 0.108. The first-order chi connectivity index (χ1) is 13.2. The molecule has 0 atom stereocenters. The fourth-order valence-corrected chi connectivity index (χ4v) is 3.19. The van der Waals surface area contributed by atoms with E-state index in [9.17, 15) is 4.79 Å². The van der Waals surface area contributed by atoms with Crippen LogP contribution in [-0.2, 0) is 25.8 Å². The van der Waals surface area contributed by atoms with Gasteiger partial charge >= 0.3 is 0 Å².